The molecule has 0 saturated carbocycles. The van der Waals surface area contributed by atoms with Crippen LogP contribution in [0.3, 0.4) is 0 Å². The van der Waals surface area contributed by atoms with Crippen LogP contribution in [0.1, 0.15) is 12.8 Å². The van der Waals surface area contributed by atoms with Gasteiger partial charge in [0.15, 0.2) is 0 Å². The van der Waals surface area contributed by atoms with Crippen LogP contribution >= 0.6 is 0 Å². The molecule has 8 nitrogen and oxygen atoms in total. The van der Waals surface area contributed by atoms with Gasteiger partial charge in [-0.15, -0.1) is 0 Å². The lowest BCUT2D eigenvalue weighted by atomic mass is 9.92. The Morgan fingerprint density at radius 3 is 2.34 bits per heavy atom. The van der Waals surface area contributed by atoms with E-state index in [1.165, 1.54) is 0 Å². The molecule has 1 N–H and O–H groups in total. The Balaban J connectivity index is 2.02. The Bertz CT molecular complexity index is 1520. The second-order valence-electron chi connectivity index (χ2n) is 9.89. The van der Waals surface area contributed by atoms with Crippen molar-refractivity contribution >= 4 is 28.3 Å². The summed E-state index contributed by atoms with van der Waals surface area (Å²) in [5.74, 6) is 1.29. The number of ether oxygens (including phenoxy) is 2. The van der Waals surface area contributed by atoms with E-state index in [0.29, 0.717) is 24.5 Å². The maximum absolute atomic E-state index is 11.0. The van der Waals surface area contributed by atoms with Gasteiger partial charge in [-0.1, -0.05) is 0 Å². The van der Waals surface area contributed by atoms with Gasteiger partial charge in [0.2, 0.25) is 5.36 Å². The molecule has 0 atom stereocenters. The summed E-state index contributed by atoms with van der Waals surface area (Å²) in [5.41, 5.74) is 5.44. The first kappa shape index (κ1) is 26.9. The van der Waals surface area contributed by atoms with Crippen molar-refractivity contribution in [2.75, 3.05) is 65.8 Å². The quantitative estimate of drug-likeness (QED) is 0.197. The van der Waals surface area contributed by atoms with Gasteiger partial charge < -0.3 is 28.8 Å². The molecule has 1 heterocycles. The Hall–Kier alpha value is -4.20. The summed E-state index contributed by atoms with van der Waals surface area (Å²) in [7, 11) is 13.6. The molecule has 0 bridgehead atoms. The average molecular weight is 519 g/mol. The van der Waals surface area contributed by atoms with Crippen LogP contribution in [0, 0.1) is 0 Å². The van der Waals surface area contributed by atoms with Crippen molar-refractivity contribution < 1.29 is 23.8 Å². The zero-order valence-corrected chi connectivity index (χ0v) is 23.2. The van der Waals surface area contributed by atoms with Gasteiger partial charge in [-0.2, -0.15) is 0 Å². The number of carboxylic acid groups (broad SMARTS) is 1. The van der Waals surface area contributed by atoms with Crippen molar-refractivity contribution in [3.63, 3.8) is 0 Å². The fraction of sp³-hybridized carbons (Fsp3) is 0.333. The molecule has 0 saturated heterocycles. The van der Waals surface area contributed by atoms with E-state index in [1.54, 1.807) is 7.11 Å². The molecule has 38 heavy (non-hydrogen) atoms. The molecule has 1 aliphatic carbocycles. The lowest BCUT2D eigenvalue weighted by molar-refractivity contribution is -0.137. The third kappa shape index (κ3) is 5.39. The van der Waals surface area contributed by atoms with Crippen molar-refractivity contribution in [1.29, 1.82) is 0 Å². The standard InChI is InChI=1S/C30H35N3O5/c1-31(2)19-10-12-21-26(15-19)38-27-16-20(32(3)4)11-13-22(27)30(21)23-17-28(37-14-8-9-29(34)35)24(33(5)6)18-25(23)36-7/h10-13,15-18H,8-9,14H2,1-7H3/p+1. The lowest BCUT2D eigenvalue weighted by Crippen LogP contribution is -2.21. The number of nitrogens with zero attached hydrogens (tertiary/aromatic N) is 3. The summed E-state index contributed by atoms with van der Waals surface area (Å²) >= 11 is 0. The fourth-order valence-corrected chi connectivity index (χ4v) is 4.50. The number of hydrogen-bond acceptors (Lipinski definition) is 6. The summed E-state index contributed by atoms with van der Waals surface area (Å²) in [6.45, 7) is 0.295. The van der Waals surface area contributed by atoms with Crippen LogP contribution in [0.4, 0.5) is 11.4 Å². The molecule has 0 amide bonds. The van der Waals surface area contributed by atoms with E-state index in [4.69, 9.17) is 19.0 Å². The Kier molecular flexibility index (Phi) is 7.80. The molecular weight excluding hydrogens is 482 g/mol. The highest BCUT2D eigenvalue weighted by molar-refractivity contribution is 6.04. The van der Waals surface area contributed by atoms with Gasteiger partial charge in [-0.3, -0.25) is 4.79 Å². The molecule has 2 aromatic carbocycles. The number of carbonyl (C=O) groups is 1. The van der Waals surface area contributed by atoms with E-state index < -0.39 is 5.97 Å². The van der Waals surface area contributed by atoms with Crippen LogP contribution in [0.25, 0.3) is 33.4 Å². The Morgan fingerprint density at radius 1 is 0.947 bits per heavy atom. The molecule has 2 aromatic rings. The van der Waals surface area contributed by atoms with E-state index in [9.17, 15) is 4.79 Å². The van der Waals surface area contributed by atoms with Gasteiger partial charge in [-0.05, 0) is 30.7 Å². The third-order valence-corrected chi connectivity index (χ3v) is 6.55. The van der Waals surface area contributed by atoms with Crippen molar-refractivity contribution in [1.82, 2.24) is 4.58 Å². The molecule has 8 heteroatoms. The Labute approximate surface area is 223 Å². The maximum Gasteiger partial charge on any atom is 0.303 e. The lowest BCUT2D eigenvalue weighted by Gasteiger charge is -2.23. The highest BCUT2D eigenvalue weighted by Crippen LogP contribution is 2.47. The number of aliphatic carboxylic acids is 1. The zero-order valence-electron chi connectivity index (χ0n) is 23.2. The molecule has 1 aliphatic heterocycles. The van der Waals surface area contributed by atoms with Crippen LogP contribution in [-0.2, 0) is 4.79 Å². The first-order valence-corrected chi connectivity index (χ1v) is 12.5. The number of methoxy groups -OCH3 is 1. The largest absolute Gasteiger partial charge is 0.496 e. The first-order chi connectivity index (χ1) is 18.1. The van der Waals surface area contributed by atoms with E-state index in [1.807, 2.05) is 80.9 Å². The van der Waals surface area contributed by atoms with E-state index in [0.717, 1.165) is 50.2 Å². The Morgan fingerprint density at radius 2 is 1.71 bits per heavy atom. The minimum Gasteiger partial charge on any atom is -0.496 e. The second kappa shape index (κ2) is 11.0. The second-order valence-corrected chi connectivity index (χ2v) is 9.89. The first-order valence-electron chi connectivity index (χ1n) is 12.5. The smallest absolute Gasteiger partial charge is 0.303 e. The molecule has 4 rings (SSSR count). The summed E-state index contributed by atoms with van der Waals surface area (Å²) in [6.07, 6.45) is 0.471. The van der Waals surface area contributed by atoms with Gasteiger partial charge in [0, 0.05) is 80.6 Å². The number of rotatable bonds is 9. The van der Waals surface area contributed by atoms with Crippen LogP contribution in [0.2, 0.25) is 0 Å². The predicted molar refractivity (Wildman–Crippen MR) is 153 cm³/mol. The molecule has 0 spiro atoms. The van der Waals surface area contributed by atoms with Crippen molar-refractivity contribution in [3.05, 3.63) is 53.9 Å². The van der Waals surface area contributed by atoms with Crippen molar-refractivity contribution in [2.45, 2.75) is 12.8 Å². The molecular formula is C30H36N3O5+. The van der Waals surface area contributed by atoms with Gasteiger partial charge in [0.1, 0.15) is 36.9 Å². The third-order valence-electron chi connectivity index (χ3n) is 6.55. The summed E-state index contributed by atoms with van der Waals surface area (Å²) < 4.78 is 20.6. The highest BCUT2D eigenvalue weighted by Gasteiger charge is 2.23. The van der Waals surface area contributed by atoms with Gasteiger partial charge in [0.05, 0.1) is 25.5 Å². The number of carboxylic acids is 1. The predicted octanol–water partition coefficient (Wildman–Crippen LogP) is 4.62. The summed E-state index contributed by atoms with van der Waals surface area (Å²) in [6, 6.07) is 16.4. The van der Waals surface area contributed by atoms with Crippen molar-refractivity contribution in [2.24, 2.45) is 0 Å². The normalized spacial score (nSPS) is 11.0. The number of anilines is 2. The SMILES string of the molecule is COc1cc(N(C)C)c(OCCCC(=O)O)cc1-c1c2ccc(=[N+](C)C)cc-2oc2cc(N(C)C)ccc12. The van der Waals surface area contributed by atoms with Crippen molar-refractivity contribution in [3.8, 4) is 33.9 Å². The van der Waals surface area contributed by atoms with Crippen LogP contribution in [-0.4, -0.2) is 67.1 Å². The van der Waals surface area contributed by atoms with E-state index in [2.05, 4.69) is 24.3 Å². The fourth-order valence-electron chi connectivity index (χ4n) is 4.50. The van der Waals surface area contributed by atoms with E-state index >= 15 is 0 Å². The molecule has 0 unspecified atom stereocenters. The molecule has 0 aromatic heterocycles. The number of hydrogen-bond donors (Lipinski definition) is 1. The molecule has 0 radical (unpaired) electrons. The zero-order chi connectivity index (χ0) is 27.6. The van der Waals surface area contributed by atoms with Gasteiger partial charge in [-0.25, -0.2) is 4.58 Å². The topological polar surface area (TPSA) is 78.4 Å². The van der Waals surface area contributed by atoms with E-state index in [-0.39, 0.29) is 6.42 Å². The molecule has 0 fully saturated rings. The average Bonchev–Trinajstić information content (AvgIpc) is 2.88. The number of benzene rings is 3. The summed E-state index contributed by atoms with van der Waals surface area (Å²) in [4.78, 5) is 15.0. The number of fused-ring (bicyclic) bond motifs is 2. The maximum atomic E-state index is 11.0. The molecule has 200 valence electrons. The van der Waals surface area contributed by atoms with Gasteiger partial charge in [0.25, 0.3) is 0 Å². The minimum atomic E-state index is -0.836. The summed E-state index contributed by atoms with van der Waals surface area (Å²) in [5, 5.41) is 11.0. The van der Waals surface area contributed by atoms with Gasteiger partial charge >= 0.3 is 5.97 Å². The minimum absolute atomic E-state index is 0.0538. The van der Waals surface area contributed by atoms with Crippen LogP contribution in [0.5, 0.6) is 11.5 Å². The van der Waals surface area contributed by atoms with Crippen LogP contribution in [0.15, 0.2) is 52.9 Å². The monoisotopic (exact) mass is 518 g/mol. The molecule has 2 aliphatic rings. The highest BCUT2D eigenvalue weighted by atomic mass is 16.5. The van der Waals surface area contributed by atoms with Crippen LogP contribution < -0.4 is 29.2 Å².